The Hall–Kier alpha value is -2.86. The molecular formula is C26H35NO5. The van der Waals surface area contributed by atoms with Crippen molar-refractivity contribution in [1.82, 2.24) is 4.90 Å². The van der Waals surface area contributed by atoms with Crippen molar-refractivity contribution in [3.63, 3.8) is 0 Å². The minimum atomic E-state index is -0.733. The Balaban J connectivity index is 1.98. The lowest BCUT2D eigenvalue weighted by Gasteiger charge is -2.29. The zero-order valence-electron chi connectivity index (χ0n) is 19.8. The van der Waals surface area contributed by atoms with Crippen LogP contribution in [0.15, 0.2) is 42.5 Å². The van der Waals surface area contributed by atoms with Crippen molar-refractivity contribution in [2.75, 3.05) is 41.0 Å². The fourth-order valence-corrected chi connectivity index (χ4v) is 3.76. The molecule has 0 amide bonds. The highest BCUT2D eigenvalue weighted by atomic mass is 16.5. The Morgan fingerprint density at radius 3 is 2.53 bits per heavy atom. The first kappa shape index (κ1) is 25.4. The molecule has 174 valence electrons. The van der Waals surface area contributed by atoms with Crippen LogP contribution in [0.4, 0.5) is 0 Å². The molecule has 0 aromatic heterocycles. The third kappa shape index (κ3) is 6.57. The highest BCUT2D eigenvalue weighted by Crippen LogP contribution is 2.33. The summed E-state index contributed by atoms with van der Waals surface area (Å²) in [6.45, 7) is 5.83. The van der Waals surface area contributed by atoms with Crippen LogP contribution >= 0.6 is 0 Å². The summed E-state index contributed by atoms with van der Waals surface area (Å²) in [6.07, 6.45) is 3.16. The average Bonchev–Trinajstić information content (AvgIpc) is 2.82. The first-order valence-corrected chi connectivity index (χ1v) is 11.0. The number of esters is 1. The third-order valence-electron chi connectivity index (χ3n) is 5.86. The molecule has 0 heterocycles. The second-order valence-electron chi connectivity index (χ2n) is 8.14. The SMILES string of the molecule is CCOC(=O)C(C)(CCCN(C)CCc1ccc(C=O)c(OC)c1)c1cccc(OC)c1. The topological polar surface area (TPSA) is 65.1 Å². The fraction of sp³-hybridized carbons (Fsp3) is 0.462. The second kappa shape index (κ2) is 12.2. The average molecular weight is 442 g/mol. The number of nitrogens with zero attached hydrogens (tertiary/aromatic N) is 1. The van der Waals surface area contributed by atoms with Gasteiger partial charge in [-0.3, -0.25) is 9.59 Å². The van der Waals surface area contributed by atoms with Crippen LogP contribution in [0.2, 0.25) is 0 Å². The van der Waals surface area contributed by atoms with E-state index in [1.807, 2.05) is 50.2 Å². The van der Waals surface area contributed by atoms with Gasteiger partial charge in [0, 0.05) is 6.54 Å². The molecule has 6 heteroatoms. The Labute approximate surface area is 191 Å². The molecule has 0 aliphatic rings. The predicted octanol–water partition coefficient (Wildman–Crippen LogP) is 4.29. The van der Waals surface area contributed by atoms with Crippen LogP contribution in [0.5, 0.6) is 11.5 Å². The summed E-state index contributed by atoms with van der Waals surface area (Å²) in [4.78, 5) is 26.2. The van der Waals surface area contributed by atoms with Gasteiger partial charge in [0.25, 0.3) is 0 Å². The van der Waals surface area contributed by atoms with Crippen molar-refractivity contribution in [2.24, 2.45) is 0 Å². The van der Waals surface area contributed by atoms with E-state index in [1.165, 1.54) is 0 Å². The highest BCUT2D eigenvalue weighted by Gasteiger charge is 2.36. The van der Waals surface area contributed by atoms with E-state index in [-0.39, 0.29) is 5.97 Å². The van der Waals surface area contributed by atoms with Gasteiger partial charge in [0.2, 0.25) is 0 Å². The van der Waals surface area contributed by atoms with Crippen molar-refractivity contribution >= 4 is 12.3 Å². The monoisotopic (exact) mass is 441 g/mol. The molecule has 0 aliphatic heterocycles. The number of rotatable bonds is 13. The smallest absolute Gasteiger partial charge is 0.316 e. The normalized spacial score (nSPS) is 12.8. The molecule has 0 N–H and O–H groups in total. The maximum atomic E-state index is 12.9. The van der Waals surface area contributed by atoms with Gasteiger partial charge in [-0.15, -0.1) is 0 Å². The Kier molecular flexibility index (Phi) is 9.72. The van der Waals surface area contributed by atoms with E-state index in [0.717, 1.165) is 49.1 Å². The zero-order chi connectivity index (χ0) is 23.6. The molecule has 32 heavy (non-hydrogen) atoms. The minimum Gasteiger partial charge on any atom is -0.497 e. The molecule has 6 nitrogen and oxygen atoms in total. The number of carbonyl (C=O) groups excluding carboxylic acids is 2. The summed E-state index contributed by atoms with van der Waals surface area (Å²) in [5.74, 6) is 1.12. The summed E-state index contributed by atoms with van der Waals surface area (Å²) in [5, 5.41) is 0. The van der Waals surface area contributed by atoms with Gasteiger partial charge in [0.1, 0.15) is 11.5 Å². The lowest BCUT2D eigenvalue weighted by molar-refractivity contribution is -0.149. The van der Waals surface area contributed by atoms with E-state index < -0.39 is 5.41 Å². The highest BCUT2D eigenvalue weighted by molar-refractivity contribution is 5.83. The minimum absolute atomic E-state index is 0.210. The van der Waals surface area contributed by atoms with Crippen molar-refractivity contribution < 1.29 is 23.8 Å². The largest absolute Gasteiger partial charge is 0.497 e. The molecule has 0 saturated carbocycles. The van der Waals surface area contributed by atoms with Crippen LogP contribution in [-0.4, -0.2) is 58.1 Å². The Bertz CT molecular complexity index is 898. The van der Waals surface area contributed by atoms with E-state index >= 15 is 0 Å². The van der Waals surface area contributed by atoms with Gasteiger partial charge < -0.3 is 19.1 Å². The van der Waals surface area contributed by atoms with Gasteiger partial charge in [0.05, 0.1) is 31.8 Å². The molecule has 0 spiro atoms. The van der Waals surface area contributed by atoms with Gasteiger partial charge in [0.15, 0.2) is 6.29 Å². The maximum absolute atomic E-state index is 12.9. The number of ether oxygens (including phenoxy) is 3. The quantitative estimate of drug-likeness (QED) is 0.341. The second-order valence-corrected chi connectivity index (χ2v) is 8.14. The van der Waals surface area contributed by atoms with Crippen molar-refractivity contribution in [1.29, 1.82) is 0 Å². The van der Waals surface area contributed by atoms with Crippen LogP contribution in [-0.2, 0) is 21.4 Å². The molecule has 2 aromatic rings. The molecule has 2 rings (SSSR count). The molecule has 0 aliphatic carbocycles. The number of hydrogen-bond donors (Lipinski definition) is 0. The summed E-state index contributed by atoms with van der Waals surface area (Å²) in [7, 11) is 5.27. The summed E-state index contributed by atoms with van der Waals surface area (Å²) >= 11 is 0. The number of hydrogen-bond acceptors (Lipinski definition) is 6. The van der Waals surface area contributed by atoms with Gasteiger partial charge >= 0.3 is 5.97 Å². The van der Waals surface area contributed by atoms with Gasteiger partial charge in [-0.1, -0.05) is 18.2 Å². The molecule has 1 unspecified atom stereocenters. The lowest BCUT2D eigenvalue weighted by Crippen LogP contribution is -2.35. The molecule has 0 fully saturated rings. The standard InChI is InChI=1S/C26H35NO5/c1-6-32-25(29)26(2,22-9-7-10-23(18-22)30-4)14-8-15-27(3)16-13-20-11-12-21(19-28)24(17-20)31-5/h7,9-12,17-19H,6,8,13-16H2,1-5H3. The van der Waals surface area contributed by atoms with E-state index in [9.17, 15) is 9.59 Å². The van der Waals surface area contributed by atoms with E-state index in [2.05, 4.69) is 11.9 Å². The summed E-state index contributed by atoms with van der Waals surface area (Å²) < 4.78 is 16.0. The van der Waals surface area contributed by atoms with E-state index in [1.54, 1.807) is 20.3 Å². The summed E-state index contributed by atoms with van der Waals surface area (Å²) in [5.41, 5.74) is 1.84. The molecule has 0 radical (unpaired) electrons. The fourth-order valence-electron chi connectivity index (χ4n) is 3.76. The maximum Gasteiger partial charge on any atom is 0.316 e. The van der Waals surface area contributed by atoms with Gasteiger partial charge in [-0.05, 0) is 82.1 Å². The van der Waals surface area contributed by atoms with Gasteiger partial charge in [-0.2, -0.15) is 0 Å². The zero-order valence-corrected chi connectivity index (χ0v) is 19.8. The van der Waals surface area contributed by atoms with Crippen LogP contribution in [0.1, 0.15) is 48.2 Å². The molecular weight excluding hydrogens is 406 g/mol. The predicted molar refractivity (Wildman–Crippen MR) is 126 cm³/mol. The van der Waals surface area contributed by atoms with E-state index in [4.69, 9.17) is 14.2 Å². The van der Waals surface area contributed by atoms with Crippen molar-refractivity contribution in [2.45, 2.75) is 38.5 Å². The molecule has 2 aromatic carbocycles. The first-order chi connectivity index (χ1) is 15.4. The number of methoxy groups -OCH3 is 2. The number of carbonyl (C=O) groups is 2. The van der Waals surface area contributed by atoms with Gasteiger partial charge in [-0.25, -0.2) is 0 Å². The van der Waals surface area contributed by atoms with E-state index in [0.29, 0.717) is 24.3 Å². The number of aldehydes is 1. The van der Waals surface area contributed by atoms with Crippen molar-refractivity contribution in [3.05, 3.63) is 59.2 Å². The molecule has 1 atom stereocenters. The van der Waals surface area contributed by atoms with Crippen LogP contribution < -0.4 is 9.47 Å². The third-order valence-corrected chi connectivity index (χ3v) is 5.86. The number of benzene rings is 2. The molecule has 0 bridgehead atoms. The lowest BCUT2D eigenvalue weighted by atomic mass is 9.78. The summed E-state index contributed by atoms with van der Waals surface area (Å²) in [6, 6.07) is 13.3. The number of likely N-dealkylation sites (N-methyl/N-ethyl adjacent to an activating group) is 1. The van der Waals surface area contributed by atoms with Crippen LogP contribution in [0, 0.1) is 0 Å². The van der Waals surface area contributed by atoms with Crippen LogP contribution in [0.3, 0.4) is 0 Å². The Morgan fingerprint density at radius 1 is 1.09 bits per heavy atom. The van der Waals surface area contributed by atoms with Crippen LogP contribution in [0.25, 0.3) is 0 Å². The Morgan fingerprint density at radius 2 is 1.88 bits per heavy atom. The van der Waals surface area contributed by atoms with Crippen molar-refractivity contribution in [3.8, 4) is 11.5 Å². The molecule has 0 saturated heterocycles. The first-order valence-electron chi connectivity index (χ1n) is 11.0.